The largest absolute Gasteiger partial charge is 0.303 e. The number of hydrogen-bond donors (Lipinski definition) is 0. The maximum atomic E-state index is 2.67. The van der Waals surface area contributed by atoms with Crippen LogP contribution in [0.4, 0.5) is 0 Å². The number of piperidine rings is 3. The minimum atomic E-state index is 0.705. The molecule has 3 aliphatic heterocycles. The van der Waals surface area contributed by atoms with Gasteiger partial charge in [-0.3, -0.25) is 0 Å². The first-order valence-electron chi connectivity index (χ1n) is 5.53. The van der Waals surface area contributed by atoms with Crippen molar-refractivity contribution in [3.8, 4) is 0 Å². The van der Waals surface area contributed by atoms with Crippen molar-refractivity contribution in [2.45, 2.75) is 39.5 Å². The smallest absolute Gasteiger partial charge is 0.00404 e. The molecule has 1 nitrogen and oxygen atoms in total. The summed E-state index contributed by atoms with van der Waals surface area (Å²) < 4.78 is 0. The molecule has 1 heteroatoms. The summed E-state index contributed by atoms with van der Waals surface area (Å²) in [5.41, 5.74) is 0.705. The Morgan fingerprint density at radius 1 is 1.17 bits per heavy atom. The van der Waals surface area contributed by atoms with E-state index in [2.05, 4.69) is 18.7 Å². The van der Waals surface area contributed by atoms with Gasteiger partial charge < -0.3 is 4.90 Å². The third-order valence-corrected chi connectivity index (χ3v) is 4.40. The SMILES string of the molecule is CCC1(CC)CN2CCC1CC2. The molecule has 0 aliphatic carbocycles. The highest BCUT2D eigenvalue weighted by molar-refractivity contribution is 4.95. The molecule has 0 aromatic carbocycles. The van der Waals surface area contributed by atoms with Crippen molar-refractivity contribution in [3.05, 3.63) is 0 Å². The van der Waals surface area contributed by atoms with Crippen LogP contribution in [0.5, 0.6) is 0 Å². The fraction of sp³-hybridized carbons (Fsp3) is 1.00. The van der Waals surface area contributed by atoms with Gasteiger partial charge in [0.2, 0.25) is 0 Å². The van der Waals surface area contributed by atoms with Crippen LogP contribution in [0.1, 0.15) is 39.5 Å². The van der Waals surface area contributed by atoms with Crippen LogP contribution in [0.25, 0.3) is 0 Å². The van der Waals surface area contributed by atoms with Crippen molar-refractivity contribution in [1.82, 2.24) is 4.90 Å². The van der Waals surface area contributed by atoms with Gasteiger partial charge in [-0.25, -0.2) is 0 Å². The number of fused-ring (bicyclic) bond motifs is 3. The van der Waals surface area contributed by atoms with Gasteiger partial charge in [0.25, 0.3) is 0 Å². The number of hydrogen-bond acceptors (Lipinski definition) is 1. The first-order chi connectivity index (χ1) is 5.80. The van der Waals surface area contributed by atoms with Crippen molar-refractivity contribution in [2.75, 3.05) is 19.6 Å². The van der Waals surface area contributed by atoms with Gasteiger partial charge in [0.05, 0.1) is 0 Å². The second-order valence-electron chi connectivity index (χ2n) is 4.62. The fourth-order valence-corrected chi connectivity index (χ4v) is 3.33. The molecule has 3 rings (SSSR count). The molecule has 0 aromatic rings. The lowest BCUT2D eigenvalue weighted by Crippen LogP contribution is -2.54. The van der Waals surface area contributed by atoms with E-state index in [9.17, 15) is 0 Å². The molecule has 3 fully saturated rings. The molecule has 0 radical (unpaired) electrons. The highest BCUT2D eigenvalue weighted by Crippen LogP contribution is 2.46. The van der Waals surface area contributed by atoms with Gasteiger partial charge in [-0.15, -0.1) is 0 Å². The Balaban J connectivity index is 2.15. The molecule has 0 N–H and O–H groups in total. The predicted molar refractivity (Wildman–Crippen MR) is 52.2 cm³/mol. The van der Waals surface area contributed by atoms with E-state index in [1.165, 1.54) is 45.3 Å². The van der Waals surface area contributed by atoms with Crippen LogP contribution in [0.15, 0.2) is 0 Å². The van der Waals surface area contributed by atoms with Crippen molar-refractivity contribution in [2.24, 2.45) is 11.3 Å². The van der Waals surface area contributed by atoms with E-state index < -0.39 is 0 Å². The molecule has 3 saturated heterocycles. The van der Waals surface area contributed by atoms with E-state index in [0.717, 1.165) is 5.92 Å². The zero-order valence-corrected chi connectivity index (χ0v) is 8.47. The van der Waals surface area contributed by atoms with E-state index in [4.69, 9.17) is 0 Å². The van der Waals surface area contributed by atoms with Crippen LogP contribution in [-0.2, 0) is 0 Å². The average molecular weight is 167 g/mol. The molecule has 0 amide bonds. The van der Waals surface area contributed by atoms with Crippen LogP contribution in [-0.4, -0.2) is 24.5 Å². The Bertz CT molecular complexity index is 152. The van der Waals surface area contributed by atoms with E-state index in [1.54, 1.807) is 0 Å². The van der Waals surface area contributed by atoms with E-state index in [-0.39, 0.29) is 0 Å². The van der Waals surface area contributed by atoms with Gasteiger partial charge in [0.1, 0.15) is 0 Å². The zero-order valence-electron chi connectivity index (χ0n) is 8.47. The van der Waals surface area contributed by atoms with E-state index >= 15 is 0 Å². The molecule has 0 saturated carbocycles. The molecule has 0 atom stereocenters. The van der Waals surface area contributed by atoms with Crippen LogP contribution in [0, 0.1) is 11.3 Å². The minimum Gasteiger partial charge on any atom is -0.303 e. The maximum Gasteiger partial charge on any atom is 0.00404 e. The fourth-order valence-electron chi connectivity index (χ4n) is 3.33. The molecular formula is C11H21N. The summed E-state index contributed by atoms with van der Waals surface area (Å²) in [5, 5.41) is 0. The maximum absolute atomic E-state index is 2.67. The molecule has 12 heavy (non-hydrogen) atoms. The monoisotopic (exact) mass is 167 g/mol. The third-order valence-electron chi connectivity index (χ3n) is 4.40. The van der Waals surface area contributed by atoms with Gasteiger partial charge in [-0.05, 0) is 50.1 Å². The van der Waals surface area contributed by atoms with E-state index in [1.807, 2.05) is 0 Å². The molecule has 3 aliphatic rings. The summed E-state index contributed by atoms with van der Waals surface area (Å²) >= 11 is 0. The predicted octanol–water partition coefficient (Wildman–Crippen LogP) is 2.52. The first kappa shape index (κ1) is 8.55. The van der Waals surface area contributed by atoms with Gasteiger partial charge in [0, 0.05) is 6.54 Å². The summed E-state index contributed by atoms with van der Waals surface area (Å²) in [6, 6.07) is 0. The highest BCUT2D eigenvalue weighted by atomic mass is 15.2. The minimum absolute atomic E-state index is 0.705. The highest BCUT2D eigenvalue weighted by Gasteiger charge is 2.43. The lowest BCUT2D eigenvalue weighted by Gasteiger charge is -2.53. The zero-order chi connectivity index (χ0) is 8.60. The van der Waals surface area contributed by atoms with Crippen LogP contribution < -0.4 is 0 Å². The number of nitrogens with zero attached hydrogens (tertiary/aromatic N) is 1. The quantitative estimate of drug-likeness (QED) is 0.611. The second kappa shape index (κ2) is 3.02. The van der Waals surface area contributed by atoms with E-state index in [0.29, 0.717) is 5.41 Å². The van der Waals surface area contributed by atoms with Gasteiger partial charge >= 0.3 is 0 Å². The normalized spacial score (nSPS) is 38.5. The van der Waals surface area contributed by atoms with Crippen molar-refractivity contribution in [1.29, 1.82) is 0 Å². The Kier molecular flexibility index (Phi) is 2.16. The van der Waals surface area contributed by atoms with Gasteiger partial charge in [0.15, 0.2) is 0 Å². The average Bonchev–Trinajstić information content (AvgIpc) is 2.19. The lowest BCUT2D eigenvalue weighted by atomic mass is 9.64. The van der Waals surface area contributed by atoms with Crippen LogP contribution in [0.3, 0.4) is 0 Å². The first-order valence-corrected chi connectivity index (χ1v) is 5.53. The summed E-state index contributed by atoms with van der Waals surface area (Å²) in [6.07, 6.45) is 5.73. The number of rotatable bonds is 2. The second-order valence-corrected chi connectivity index (χ2v) is 4.62. The Morgan fingerprint density at radius 2 is 1.75 bits per heavy atom. The summed E-state index contributed by atoms with van der Waals surface area (Å²) in [7, 11) is 0. The molecule has 0 unspecified atom stereocenters. The molecule has 70 valence electrons. The van der Waals surface area contributed by atoms with Gasteiger partial charge in [-0.2, -0.15) is 0 Å². The molecule has 3 heterocycles. The summed E-state index contributed by atoms with van der Waals surface area (Å²) in [6.45, 7) is 8.92. The molecular weight excluding hydrogens is 146 g/mol. The van der Waals surface area contributed by atoms with Crippen molar-refractivity contribution < 1.29 is 0 Å². The standard InChI is InChI=1S/C11H21N/c1-3-11(4-2)9-12-7-5-10(11)6-8-12/h10H,3-9H2,1-2H3. The summed E-state index contributed by atoms with van der Waals surface area (Å²) in [4.78, 5) is 2.67. The Hall–Kier alpha value is -0.0400. The molecule has 2 bridgehead atoms. The van der Waals surface area contributed by atoms with Crippen LogP contribution >= 0.6 is 0 Å². The Morgan fingerprint density at radius 3 is 2.00 bits per heavy atom. The molecule has 0 spiro atoms. The van der Waals surface area contributed by atoms with Crippen molar-refractivity contribution >= 4 is 0 Å². The Labute approximate surface area is 76.1 Å². The van der Waals surface area contributed by atoms with Crippen LogP contribution in [0.2, 0.25) is 0 Å². The lowest BCUT2D eigenvalue weighted by molar-refractivity contribution is -0.0342. The topological polar surface area (TPSA) is 3.24 Å². The molecule has 0 aromatic heterocycles. The summed E-state index contributed by atoms with van der Waals surface area (Å²) in [5.74, 6) is 1.05. The van der Waals surface area contributed by atoms with Crippen molar-refractivity contribution in [3.63, 3.8) is 0 Å². The third kappa shape index (κ3) is 1.10. The van der Waals surface area contributed by atoms with Gasteiger partial charge in [-0.1, -0.05) is 13.8 Å².